The number of aliphatic hydroxyl groups excluding tert-OH is 1. The van der Waals surface area contributed by atoms with Gasteiger partial charge in [0.2, 0.25) is 11.8 Å². The van der Waals surface area contributed by atoms with Crippen molar-refractivity contribution in [2.75, 3.05) is 40.8 Å². The predicted octanol–water partition coefficient (Wildman–Crippen LogP) is 2.54. The van der Waals surface area contributed by atoms with Gasteiger partial charge in [0.25, 0.3) is 11.8 Å². The lowest BCUT2D eigenvalue weighted by molar-refractivity contribution is -0.131. The molecule has 9 heteroatoms. The quantitative estimate of drug-likeness (QED) is 0.632. The summed E-state index contributed by atoms with van der Waals surface area (Å²) < 4.78 is 6.25. The number of fused-ring (bicyclic) bond motifs is 1. The molecule has 1 aliphatic rings. The number of nitrogens with zero attached hydrogens (tertiary/aromatic N) is 4. The molecule has 36 heavy (non-hydrogen) atoms. The van der Waals surface area contributed by atoms with Gasteiger partial charge in [-0.1, -0.05) is 26.0 Å². The highest BCUT2D eigenvalue weighted by molar-refractivity contribution is 5.98. The number of rotatable bonds is 7. The van der Waals surface area contributed by atoms with Crippen LogP contribution in [0.25, 0.3) is 11.1 Å². The maximum atomic E-state index is 13.6. The highest BCUT2D eigenvalue weighted by atomic mass is 16.5. The van der Waals surface area contributed by atoms with E-state index >= 15 is 0 Å². The fourth-order valence-corrected chi connectivity index (χ4v) is 4.18. The zero-order valence-electron chi connectivity index (χ0n) is 21.9. The van der Waals surface area contributed by atoms with Crippen molar-refractivity contribution in [2.45, 2.75) is 39.3 Å². The third kappa shape index (κ3) is 5.84. The largest absolute Gasteiger partial charge is 0.472 e. The van der Waals surface area contributed by atoms with Gasteiger partial charge in [-0.2, -0.15) is 0 Å². The molecular weight excluding hydrogens is 460 g/mol. The molecule has 2 aromatic rings. The standard InChI is InChI=1S/C27H36N4O5/c1-7-24(33)30(6)15-23-17(2)14-31(18(3)16-32)27(35)22-12-21(13-28-25(22)36-23)19-8-10-20(11-9-19)26(34)29(4)5/h8-13,17-18,23,32H,7,14-16H2,1-6H3/t17-,18+,23+/m0/s1. The van der Waals surface area contributed by atoms with E-state index in [4.69, 9.17) is 4.74 Å². The number of ether oxygens (including phenoxy) is 1. The minimum Gasteiger partial charge on any atom is -0.472 e. The second-order valence-electron chi connectivity index (χ2n) is 9.60. The third-order valence-corrected chi connectivity index (χ3v) is 6.57. The normalized spacial score (nSPS) is 18.4. The molecule has 0 fully saturated rings. The number of pyridine rings is 1. The van der Waals surface area contributed by atoms with E-state index in [0.29, 0.717) is 36.2 Å². The molecule has 2 heterocycles. The van der Waals surface area contributed by atoms with E-state index in [0.717, 1.165) is 5.56 Å². The lowest BCUT2D eigenvalue weighted by atomic mass is 9.98. The molecule has 194 valence electrons. The van der Waals surface area contributed by atoms with Crippen molar-refractivity contribution >= 4 is 17.7 Å². The maximum Gasteiger partial charge on any atom is 0.259 e. The fourth-order valence-electron chi connectivity index (χ4n) is 4.18. The third-order valence-electron chi connectivity index (χ3n) is 6.57. The van der Waals surface area contributed by atoms with Gasteiger partial charge in [-0.3, -0.25) is 14.4 Å². The van der Waals surface area contributed by atoms with E-state index in [1.807, 2.05) is 26.0 Å². The second kappa shape index (κ2) is 11.5. The Morgan fingerprint density at radius 1 is 1.19 bits per heavy atom. The van der Waals surface area contributed by atoms with E-state index in [1.54, 1.807) is 62.3 Å². The molecule has 0 spiro atoms. The fraction of sp³-hybridized carbons (Fsp3) is 0.481. The summed E-state index contributed by atoms with van der Waals surface area (Å²) in [5.41, 5.74) is 2.36. The molecule has 0 unspecified atom stereocenters. The molecule has 1 aliphatic heterocycles. The summed E-state index contributed by atoms with van der Waals surface area (Å²) in [6.07, 6.45) is 1.64. The first-order chi connectivity index (χ1) is 17.1. The Bertz CT molecular complexity index is 1100. The van der Waals surface area contributed by atoms with Crippen LogP contribution in [0.2, 0.25) is 0 Å². The van der Waals surface area contributed by atoms with Gasteiger partial charge < -0.3 is 24.5 Å². The van der Waals surface area contributed by atoms with Gasteiger partial charge in [-0.25, -0.2) is 4.98 Å². The Morgan fingerprint density at radius 3 is 2.44 bits per heavy atom. The van der Waals surface area contributed by atoms with Crippen LogP contribution in [0.4, 0.5) is 0 Å². The Kier molecular flexibility index (Phi) is 8.68. The average Bonchev–Trinajstić information content (AvgIpc) is 2.88. The lowest BCUT2D eigenvalue weighted by Crippen LogP contribution is -2.50. The number of hydrogen-bond acceptors (Lipinski definition) is 6. The number of amides is 3. The monoisotopic (exact) mass is 496 g/mol. The van der Waals surface area contributed by atoms with E-state index < -0.39 is 6.04 Å². The van der Waals surface area contributed by atoms with Crippen LogP contribution in [0.3, 0.4) is 0 Å². The highest BCUT2D eigenvalue weighted by Gasteiger charge is 2.34. The zero-order valence-corrected chi connectivity index (χ0v) is 21.9. The number of hydrogen-bond donors (Lipinski definition) is 1. The van der Waals surface area contributed by atoms with Gasteiger partial charge in [-0.05, 0) is 30.7 Å². The SMILES string of the molecule is CCC(=O)N(C)C[C@H]1Oc2ncc(-c3ccc(C(=O)N(C)C)cc3)cc2C(=O)N([C@H](C)CO)C[C@@H]1C. The number of aliphatic hydroxyl groups is 1. The molecule has 0 bridgehead atoms. The Labute approximate surface area is 212 Å². The van der Waals surface area contributed by atoms with Crippen molar-refractivity contribution in [3.8, 4) is 17.0 Å². The topological polar surface area (TPSA) is 103 Å². The Hall–Kier alpha value is -3.46. The molecule has 3 amide bonds. The summed E-state index contributed by atoms with van der Waals surface area (Å²) in [4.78, 5) is 47.3. The Morgan fingerprint density at radius 2 is 1.86 bits per heavy atom. The van der Waals surface area contributed by atoms with Gasteiger partial charge >= 0.3 is 0 Å². The number of carbonyl (C=O) groups excluding carboxylic acids is 3. The molecular formula is C27H36N4O5. The molecule has 3 rings (SSSR count). The highest BCUT2D eigenvalue weighted by Crippen LogP contribution is 2.30. The van der Waals surface area contributed by atoms with Gasteiger partial charge in [0.15, 0.2) is 0 Å². The molecule has 0 saturated heterocycles. The molecule has 0 aliphatic carbocycles. The summed E-state index contributed by atoms with van der Waals surface area (Å²) in [5.74, 6) is -0.270. The summed E-state index contributed by atoms with van der Waals surface area (Å²) >= 11 is 0. The maximum absolute atomic E-state index is 13.6. The first kappa shape index (κ1) is 27.1. The van der Waals surface area contributed by atoms with E-state index in [1.165, 1.54) is 4.90 Å². The zero-order chi connectivity index (χ0) is 26.6. The van der Waals surface area contributed by atoms with Crippen molar-refractivity contribution in [3.05, 3.63) is 47.7 Å². The van der Waals surface area contributed by atoms with Crippen LogP contribution in [0, 0.1) is 5.92 Å². The summed E-state index contributed by atoms with van der Waals surface area (Å²) in [6, 6.07) is 8.45. The average molecular weight is 497 g/mol. The van der Waals surface area contributed by atoms with E-state index in [2.05, 4.69) is 4.98 Å². The number of likely N-dealkylation sites (N-methyl/N-ethyl adjacent to an activating group) is 1. The summed E-state index contributed by atoms with van der Waals surface area (Å²) in [6.45, 7) is 6.12. The molecule has 0 saturated carbocycles. The van der Waals surface area contributed by atoms with Crippen LogP contribution in [-0.2, 0) is 4.79 Å². The molecule has 1 aromatic carbocycles. The first-order valence-corrected chi connectivity index (χ1v) is 12.2. The van der Waals surface area contributed by atoms with Crippen molar-refractivity contribution < 1.29 is 24.2 Å². The van der Waals surface area contributed by atoms with Gasteiger partial charge in [-0.15, -0.1) is 0 Å². The van der Waals surface area contributed by atoms with Crippen LogP contribution in [-0.4, -0.2) is 95.5 Å². The number of carbonyl (C=O) groups is 3. The minimum absolute atomic E-state index is 0.00393. The van der Waals surface area contributed by atoms with Crippen LogP contribution in [0.15, 0.2) is 36.5 Å². The summed E-state index contributed by atoms with van der Waals surface area (Å²) in [5, 5.41) is 9.83. The van der Waals surface area contributed by atoms with Gasteiger partial charge in [0.05, 0.1) is 19.2 Å². The van der Waals surface area contributed by atoms with Crippen LogP contribution in [0.1, 0.15) is 47.9 Å². The summed E-state index contributed by atoms with van der Waals surface area (Å²) in [7, 11) is 5.13. The van der Waals surface area contributed by atoms with Crippen molar-refractivity contribution in [2.24, 2.45) is 5.92 Å². The lowest BCUT2D eigenvalue weighted by Gasteiger charge is -2.37. The molecule has 1 N–H and O–H groups in total. The van der Waals surface area contributed by atoms with Crippen LogP contribution >= 0.6 is 0 Å². The van der Waals surface area contributed by atoms with Gasteiger partial charge in [0, 0.05) is 57.4 Å². The van der Waals surface area contributed by atoms with Crippen LogP contribution < -0.4 is 4.74 Å². The smallest absolute Gasteiger partial charge is 0.259 e. The number of aromatic nitrogens is 1. The van der Waals surface area contributed by atoms with Crippen molar-refractivity contribution in [3.63, 3.8) is 0 Å². The molecule has 1 aromatic heterocycles. The first-order valence-electron chi connectivity index (χ1n) is 12.2. The second-order valence-corrected chi connectivity index (χ2v) is 9.60. The Balaban J connectivity index is 2.01. The van der Waals surface area contributed by atoms with E-state index in [9.17, 15) is 19.5 Å². The minimum atomic E-state index is -0.401. The van der Waals surface area contributed by atoms with Crippen molar-refractivity contribution in [1.29, 1.82) is 0 Å². The van der Waals surface area contributed by atoms with Crippen LogP contribution in [0.5, 0.6) is 5.88 Å². The van der Waals surface area contributed by atoms with E-state index in [-0.39, 0.29) is 42.2 Å². The number of benzene rings is 1. The molecule has 0 radical (unpaired) electrons. The molecule has 9 nitrogen and oxygen atoms in total. The van der Waals surface area contributed by atoms with Crippen molar-refractivity contribution in [1.82, 2.24) is 19.7 Å². The predicted molar refractivity (Wildman–Crippen MR) is 137 cm³/mol. The molecule has 3 atom stereocenters. The van der Waals surface area contributed by atoms with Gasteiger partial charge in [0.1, 0.15) is 11.7 Å².